The maximum absolute atomic E-state index is 12.0. The molecule has 1 heterocycles. The molecule has 0 aromatic carbocycles. The Morgan fingerprint density at radius 3 is 2.39 bits per heavy atom. The summed E-state index contributed by atoms with van der Waals surface area (Å²) in [6.07, 6.45) is 7.96. The van der Waals surface area contributed by atoms with Crippen molar-refractivity contribution in [2.75, 3.05) is 23.3 Å². The third-order valence-electron chi connectivity index (χ3n) is 4.14. The molecule has 2 rings (SSSR count). The van der Waals surface area contributed by atoms with Crippen molar-refractivity contribution >= 4 is 17.7 Å². The molecule has 6 heteroatoms. The SMILES string of the molecule is CCCN(CCC)c1ccc(NC(=O)NC2CCCCC2)nn1. The van der Waals surface area contributed by atoms with Crippen LogP contribution < -0.4 is 15.5 Å². The first-order valence-corrected chi connectivity index (χ1v) is 8.89. The Labute approximate surface area is 139 Å². The maximum atomic E-state index is 12.0. The smallest absolute Gasteiger partial charge is 0.320 e. The number of anilines is 2. The predicted octanol–water partition coefficient (Wildman–Crippen LogP) is 3.56. The average Bonchev–Trinajstić information content (AvgIpc) is 2.56. The second-order valence-electron chi connectivity index (χ2n) is 6.20. The van der Waals surface area contributed by atoms with Gasteiger partial charge in [-0.1, -0.05) is 33.1 Å². The minimum atomic E-state index is -0.182. The van der Waals surface area contributed by atoms with Crippen molar-refractivity contribution < 1.29 is 4.79 Å². The minimum absolute atomic E-state index is 0.182. The Kier molecular flexibility index (Phi) is 7.10. The molecule has 1 aromatic rings. The third kappa shape index (κ3) is 5.69. The van der Waals surface area contributed by atoms with Crippen LogP contribution in [0, 0.1) is 0 Å². The van der Waals surface area contributed by atoms with Crippen molar-refractivity contribution in [1.82, 2.24) is 15.5 Å². The Morgan fingerprint density at radius 2 is 1.83 bits per heavy atom. The highest BCUT2D eigenvalue weighted by Gasteiger charge is 2.16. The molecule has 1 aliphatic carbocycles. The molecule has 0 unspecified atom stereocenters. The lowest BCUT2D eigenvalue weighted by Crippen LogP contribution is -2.39. The quantitative estimate of drug-likeness (QED) is 0.806. The molecular weight excluding hydrogens is 290 g/mol. The van der Waals surface area contributed by atoms with Gasteiger partial charge in [0.2, 0.25) is 0 Å². The van der Waals surface area contributed by atoms with Crippen molar-refractivity contribution in [2.24, 2.45) is 0 Å². The summed E-state index contributed by atoms with van der Waals surface area (Å²) in [7, 11) is 0. The Hall–Kier alpha value is -1.85. The zero-order chi connectivity index (χ0) is 16.5. The highest BCUT2D eigenvalue weighted by Crippen LogP contribution is 2.17. The highest BCUT2D eigenvalue weighted by atomic mass is 16.2. The van der Waals surface area contributed by atoms with Crippen molar-refractivity contribution in [3.8, 4) is 0 Å². The monoisotopic (exact) mass is 319 g/mol. The lowest BCUT2D eigenvalue weighted by Gasteiger charge is -2.23. The number of hydrogen-bond donors (Lipinski definition) is 2. The minimum Gasteiger partial charge on any atom is -0.355 e. The number of rotatable bonds is 7. The van der Waals surface area contributed by atoms with Crippen LogP contribution in [0.2, 0.25) is 0 Å². The summed E-state index contributed by atoms with van der Waals surface area (Å²) in [6.45, 7) is 6.25. The average molecular weight is 319 g/mol. The van der Waals surface area contributed by atoms with E-state index in [4.69, 9.17) is 0 Å². The van der Waals surface area contributed by atoms with E-state index in [1.807, 2.05) is 12.1 Å². The molecule has 23 heavy (non-hydrogen) atoms. The van der Waals surface area contributed by atoms with Gasteiger partial charge in [0.15, 0.2) is 11.6 Å². The van der Waals surface area contributed by atoms with E-state index in [1.165, 1.54) is 19.3 Å². The number of nitrogens with one attached hydrogen (secondary N) is 2. The molecule has 0 bridgehead atoms. The summed E-state index contributed by atoms with van der Waals surface area (Å²) in [4.78, 5) is 14.2. The summed E-state index contributed by atoms with van der Waals surface area (Å²) >= 11 is 0. The van der Waals surface area contributed by atoms with E-state index in [9.17, 15) is 4.79 Å². The van der Waals surface area contributed by atoms with Gasteiger partial charge in [0, 0.05) is 19.1 Å². The lowest BCUT2D eigenvalue weighted by molar-refractivity contribution is 0.244. The molecule has 1 saturated carbocycles. The van der Waals surface area contributed by atoms with Gasteiger partial charge in [0.1, 0.15) is 0 Å². The fourth-order valence-electron chi connectivity index (χ4n) is 3.03. The number of carbonyl (C=O) groups excluding carboxylic acids is 1. The molecule has 0 aliphatic heterocycles. The van der Waals surface area contributed by atoms with Crippen LogP contribution in [0.3, 0.4) is 0 Å². The number of urea groups is 1. The highest BCUT2D eigenvalue weighted by molar-refractivity contribution is 5.88. The largest absolute Gasteiger partial charge is 0.355 e. The van der Waals surface area contributed by atoms with Gasteiger partial charge in [-0.3, -0.25) is 5.32 Å². The molecule has 2 amide bonds. The number of amides is 2. The van der Waals surface area contributed by atoms with Crippen LogP contribution in [-0.2, 0) is 0 Å². The molecule has 1 fully saturated rings. The fourth-order valence-corrected chi connectivity index (χ4v) is 3.03. The fraction of sp³-hybridized carbons (Fsp3) is 0.706. The number of hydrogen-bond acceptors (Lipinski definition) is 4. The first-order chi connectivity index (χ1) is 11.2. The summed E-state index contributed by atoms with van der Waals surface area (Å²) in [5, 5.41) is 14.2. The van der Waals surface area contributed by atoms with Crippen molar-refractivity contribution in [3.05, 3.63) is 12.1 Å². The second kappa shape index (κ2) is 9.33. The van der Waals surface area contributed by atoms with E-state index in [0.717, 1.165) is 44.6 Å². The molecule has 0 atom stereocenters. The van der Waals surface area contributed by atoms with Crippen LogP contribution in [0.25, 0.3) is 0 Å². The summed E-state index contributed by atoms with van der Waals surface area (Å²) < 4.78 is 0. The molecular formula is C17H29N5O. The maximum Gasteiger partial charge on any atom is 0.320 e. The molecule has 128 valence electrons. The Balaban J connectivity index is 1.86. The van der Waals surface area contributed by atoms with E-state index < -0.39 is 0 Å². The van der Waals surface area contributed by atoms with Gasteiger partial charge in [-0.2, -0.15) is 0 Å². The lowest BCUT2D eigenvalue weighted by atomic mass is 9.96. The van der Waals surface area contributed by atoms with Gasteiger partial charge >= 0.3 is 6.03 Å². The Morgan fingerprint density at radius 1 is 1.13 bits per heavy atom. The van der Waals surface area contributed by atoms with Gasteiger partial charge in [0.05, 0.1) is 0 Å². The van der Waals surface area contributed by atoms with Gasteiger partial charge in [-0.25, -0.2) is 4.79 Å². The normalized spacial score (nSPS) is 15.2. The molecule has 1 aromatic heterocycles. The third-order valence-corrected chi connectivity index (χ3v) is 4.14. The Bertz CT molecular complexity index is 464. The first-order valence-electron chi connectivity index (χ1n) is 8.89. The van der Waals surface area contributed by atoms with E-state index in [2.05, 4.69) is 39.6 Å². The van der Waals surface area contributed by atoms with Crippen molar-refractivity contribution in [3.63, 3.8) is 0 Å². The topological polar surface area (TPSA) is 70.2 Å². The molecule has 0 radical (unpaired) electrons. The molecule has 6 nitrogen and oxygen atoms in total. The summed E-state index contributed by atoms with van der Waals surface area (Å²) in [5.41, 5.74) is 0. The zero-order valence-electron chi connectivity index (χ0n) is 14.3. The first kappa shape index (κ1) is 17.5. The van der Waals surface area contributed by atoms with Gasteiger partial charge in [-0.15, -0.1) is 10.2 Å². The van der Waals surface area contributed by atoms with Gasteiger partial charge in [-0.05, 0) is 37.8 Å². The van der Waals surface area contributed by atoms with Crippen LogP contribution in [-0.4, -0.2) is 35.4 Å². The van der Waals surface area contributed by atoms with Crippen LogP contribution in [0.4, 0.5) is 16.4 Å². The molecule has 0 saturated heterocycles. The van der Waals surface area contributed by atoms with Crippen LogP contribution in [0.15, 0.2) is 12.1 Å². The molecule has 2 N–H and O–H groups in total. The van der Waals surface area contributed by atoms with Crippen LogP contribution in [0.5, 0.6) is 0 Å². The second-order valence-corrected chi connectivity index (χ2v) is 6.20. The number of aromatic nitrogens is 2. The van der Waals surface area contributed by atoms with Crippen molar-refractivity contribution in [1.29, 1.82) is 0 Å². The molecule has 1 aliphatic rings. The summed E-state index contributed by atoms with van der Waals surface area (Å²) in [6, 6.07) is 3.86. The zero-order valence-corrected chi connectivity index (χ0v) is 14.3. The van der Waals surface area contributed by atoms with Crippen molar-refractivity contribution in [2.45, 2.75) is 64.8 Å². The number of nitrogens with zero attached hydrogens (tertiary/aromatic N) is 3. The van der Waals surface area contributed by atoms with E-state index in [0.29, 0.717) is 11.9 Å². The van der Waals surface area contributed by atoms with E-state index >= 15 is 0 Å². The molecule has 0 spiro atoms. The van der Waals surface area contributed by atoms with E-state index in [-0.39, 0.29) is 6.03 Å². The predicted molar refractivity (Wildman–Crippen MR) is 93.9 cm³/mol. The number of carbonyl (C=O) groups is 1. The standard InChI is InChI=1S/C17H29N5O/c1-3-12-22(13-4-2)16-11-10-15(20-21-16)19-17(23)18-14-8-6-5-7-9-14/h10-11,14H,3-9,12-13H2,1-2H3,(H2,18,19,20,23). The van der Waals surface area contributed by atoms with E-state index in [1.54, 1.807) is 0 Å². The van der Waals surface area contributed by atoms with Gasteiger partial charge in [0.25, 0.3) is 0 Å². The van der Waals surface area contributed by atoms with Gasteiger partial charge < -0.3 is 10.2 Å². The van der Waals surface area contributed by atoms with Crippen LogP contribution in [0.1, 0.15) is 58.8 Å². The summed E-state index contributed by atoms with van der Waals surface area (Å²) in [5.74, 6) is 1.36. The van der Waals surface area contributed by atoms with Crippen LogP contribution >= 0.6 is 0 Å².